The van der Waals surface area contributed by atoms with E-state index in [1.54, 1.807) is 0 Å². The number of rotatable bonds is 6. The van der Waals surface area contributed by atoms with Crippen LogP contribution in [0.1, 0.15) is 31.3 Å². The SMILES string of the molecule is CCNC(C)c1nnc(NCc2cccc(Br)c2)o1. The molecule has 0 aliphatic heterocycles. The molecule has 102 valence electrons. The highest BCUT2D eigenvalue weighted by molar-refractivity contribution is 9.10. The molecule has 2 rings (SSSR count). The van der Waals surface area contributed by atoms with E-state index in [1.807, 2.05) is 38.1 Å². The molecule has 6 heteroatoms. The second-order valence-corrected chi connectivity index (χ2v) is 5.12. The van der Waals surface area contributed by atoms with Crippen molar-refractivity contribution < 1.29 is 4.42 Å². The molecule has 0 aliphatic rings. The van der Waals surface area contributed by atoms with E-state index in [4.69, 9.17) is 4.42 Å². The highest BCUT2D eigenvalue weighted by Crippen LogP contribution is 2.15. The quantitative estimate of drug-likeness (QED) is 0.854. The van der Waals surface area contributed by atoms with Gasteiger partial charge in [-0.3, -0.25) is 0 Å². The van der Waals surface area contributed by atoms with E-state index >= 15 is 0 Å². The lowest BCUT2D eigenvalue weighted by Crippen LogP contribution is -2.17. The number of nitrogens with zero attached hydrogens (tertiary/aromatic N) is 2. The third-order valence-corrected chi connectivity index (χ3v) is 3.15. The molecular weight excluding hydrogens is 308 g/mol. The summed E-state index contributed by atoms with van der Waals surface area (Å²) in [6.07, 6.45) is 0. The van der Waals surface area contributed by atoms with Crippen molar-refractivity contribution in [2.24, 2.45) is 0 Å². The number of aromatic nitrogens is 2. The van der Waals surface area contributed by atoms with E-state index in [1.165, 1.54) is 0 Å². The van der Waals surface area contributed by atoms with Gasteiger partial charge in [0.15, 0.2) is 0 Å². The predicted molar refractivity (Wildman–Crippen MR) is 77.9 cm³/mol. The minimum atomic E-state index is 0.0684. The van der Waals surface area contributed by atoms with Crippen LogP contribution in [0.2, 0.25) is 0 Å². The summed E-state index contributed by atoms with van der Waals surface area (Å²) >= 11 is 3.44. The molecule has 1 heterocycles. The first-order chi connectivity index (χ1) is 9.19. The Bertz CT molecular complexity index is 529. The van der Waals surface area contributed by atoms with Crippen molar-refractivity contribution in [1.29, 1.82) is 0 Å². The fourth-order valence-corrected chi connectivity index (χ4v) is 2.15. The minimum absolute atomic E-state index is 0.0684. The van der Waals surface area contributed by atoms with Gasteiger partial charge in [0.1, 0.15) is 0 Å². The van der Waals surface area contributed by atoms with E-state index < -0.39 is 0 Å². The summed E-state index contributed by atoms with van der Waals surface area (Å²) in [5.74, 6) is 0.596. The Labute approximate surface area is 120 Å². The molecule has 2 aromatic rings. The molecule has 0 radical (unpaired) electrons. The van der Waals surface area contributed by atoms with Gasteiger partial charge < -0.3 is 15.1 Å². The average Bonchev–Trinajstić information content (AvgIpc) is 2.86. The zero-order valence-electron chi connectivity index (χ0n) is 11.0. The van der Waals surface area contributed by atoms with Gasteiger partial charge in [0.25, 0.3) is 0 Å². The predicted octanol–water partition coefficient (Wildman–Crippen LogP) is 3.11. The Morgan fingerprint density at radius 1 is 1.37 bits per heavy atom. The molecule has 0 spiro atoms. The van der Waals surface area contributed by atoms with Gasteiger partial charge in [0.05, 0.1) is 6.04 Å². The fourth-order valence-electron chi connectivity index (χ4n) is 1.70. The average molecular weight is 325 g/mol. The second-order valence-electron chi connectivity index (χ2n) is 4.21. The topological polar surface area (TPSA) is 63.0 Å². The maximum Gasteiger partial charge on any atom is 0.315 e. The van der Waals surface area contributed by atoms with E-state index in [-0.39, 0.29) is 6.04 Å². The molecule has 0 bridgehead atoms. The Morgan fingerprint density at radius 2 is 2.21 bits per heavy atom. The molecule has 1 aromatic carbocycles. The molecule has 0 saturated carbocycles. The highest BCUT2D eigenvalue weighted by atomic mass is 79.9. The molecular formula is C13H17BrN4O. The Balaban J connectivity index is 1.93. The Hall–Kier alpha value is -1.40. The van der Waals surface area contributed by atoms with Gasteiger partial charge in [0.2, 0.25) is 5.89 Å². The van der Waals surface area contributed by atoms with Crippen LogP contribution in [0.25, 0.3) is 0 Å². The Morgan fingerprint density at radius 3 is 2.95 bits per heavy atom. The third-order valence-electron chi connectivity index (χ3n) is 2.65. The molecule has 0 amide bonds. The van der Waals surface area contributed by atoms with E-state index in [0.717, 1.165) is 16.6 Å². The number of anilines is 1. The molecule has 1 aromatic heterocycles. The normalized spacial score (nSPS) is 12.4. The number of hydrogen-bond donors (Lipinski definition) is 2. The van der Waals surface area contributed by atoms with E-state index in [2.05, 4.69) is 36.8 Å². The minimum Gasteiger partial charge on any atom is -0.406 e. The van der Waals surface area contributed by atoms with Gasteiger partial charge in [-0.1, -0.05) is 40.1 Å². The monoisotopic (exact) mass is 324 g/mol. The summed E-state index contributed by atoms with van der Waals surface area (Å²) < 4.78 is 6.60. The van der Waals surface area contributed by atoms with Crippen molar-refractivity contribution in [1.82, 2.24) is 15.5 Å². The van der Waals surface area contributed by atoms with Gasteiger partial charge >= 0.3 is 6.01 Å². The lowest BCUT2D eigenvalue weighted by molar-refractivity contribution is 0.428. The van der Waals surface area contributed by atoms with Gasteiger partial charge in [0, 0.05) is 11.0 Å². The molecule has 0 saturated heterocycles. The maximum absolute atomic E-state index is 5.54. The van der Waals surface area contributed by atoms with Crippen LogP contribution >= 0.6 is 15.9 Å². The van der Waals surface area contributed by atoms with Crippen LogP contribution in [-0.4, -0.2) is 16.7 Å². The third kappa shape index (κ3) is 4.04. The molecule has 0 fully saturated rings. The van der Waals surface area contributed by atoms with Crippen molar-refractivity contribution in [3.63, 3.8) is 0 Å². The van der Waals surface area contributed by atoms with Crippen molar-refractivity contribution >= 4 is 21.9 Å². The van der Waals surface area contributed by atoms with Crippen molar-refractivity contribution in [3.05, 3.63) is 40.2 Å². The number of hydrogen-bond acceptors (Lipinski definition) is 5. The molecule has 2 N–H and O–H groups in total. The molecule has 5 nitrogen and oxygen atoms in total. The van der Waals surface area contributed by atoms with Crippen molar-refractivity contribution in [3.8, 4) is 0 Å². The van der Waals surface area contributed by atoms with Crippen LogP contribution in [0, 0.1) is 0 Å². The smallest absolute Gasteiger partial charge is 0.315 e. The van der Waals surface area contributed by atoms with Gasteiger partial charge in [-0.05, 0) is 31.2 Å². The lowest BCUT2D eigenvalue weighted by Gasteiger charge is -2.06. The molecule has 1 unspecified atom stereocenters. The van der Waals surface area contributed by atoms with E-state index in [0.29, 0.717) is 18.5 Å². The van der Waals surface area contributed by atoms with Crippen LogP contribution in [0.15, 0.2) is 33.2 Å². The zero-order chi connectivity index (χ0) is 13.7. The summed E-state index contributed by atoms with van der Waals surface area (Å²) in [4.78, 5) is 0. The van der Waals surface area contributed by atoms with Crippen LogP contribution in [0.5, 0.6) is 0 Å². The standard InChI is InChI=1S/C13H17BrN4O/c1-3-15-9(2)12-17-18-13(19-12)16-8-10-5-4-6-11(14)7-10/h4-7,9,15H,3,8H2,1-2H3,(H,16,18). The largest absolute Gasteiger partial charge is 0.406 e. The van der Waals surface area contributed by atoms with Crippen LogP contribution in [0.3, 0.4) is 0 Å². The second kappa shape index (κ2) is 6.68. The summed E-state index contributed by atoms with van der Waals surface area (Å²) in [5.41, 5.74) is 1.15. The first kappa shape index (κ1) is 14.0. The van der Waals surface area contributed by atoms with Gasteiger partial charge in [-0.15, -0.1) is 5.10 Å². The van der Waals surface area contributed by atoms with Crippen molar-refractivity contribution in [2.45, 2.75) is 26.4 Å². The molecule has 19 heavy (non-hydrogen) atoms. The van der Waals surface area contributed by atoms with E-state index in [9.17, 15) is 0 Å². The molecule has 0 aliphatic carbocycles. The van der Waals surface area contributed by atoms with Crippen LogP contribution in [0.4, 0.5) is 6.01 Å². The summed E-state index contributed by atoms with van der Waals surface area (Å²) in [6.45, 7) is 5.55. The summed E-state index contributed by atoms with van der Waals surface area (Å²) in [5, 5.41) is 14.3. The fraction of sp³-hybridized carbons (Fsp3) is 0.385. The van der Waals surface area contributed by atoms with Crippen LogP contribution in [-0.2, 0) is 6.54 Å². The lowest BCUT2D eigenvalue weighted by atomic mass is 10.2. The maximum atomic E-state index is 5.54. The van der Waals surface area contributed by atoms with Gasteiger partial charge in [-0.25, -0.2) is 0 Å². The summed E-state index contributed by atoms with van der Waals surface area (Å²) in [6, 6.07) is 8.58. The first-order valence-corrected chi connectivity index (χ1v) is 7.03. The molecule has 1 atom stereocenters. The van der Waals surface area contributed by atoms with Crippen molar-refractivity contribution in [2.75, 3.05) is 11.9 Å². The number of nitrogens with one attached hydrogen (secondary N) is 2. The highest BCUT2D eigenvalue weighted by Gasteiger charge is 2.12. The number of halogens is 1. The van der Waals surface area contributed by atoms with Crippen LogP contribution < -0.4 is 10.6 Å². The summed E-state index contributed by atoms with van der Waals surface area (Å²) in [7, 11) is 0. The first-order valence-electron chi connectivity index (χ1n) is 6.24. The number of benzene rings is 1. The van der Waals surface area contributed by atoms with Gasteiger partial charge in [-0.2, -0.15) is 0 Å². The Kier molecular flexibility index (Phi) is 4.93. The zero-order valence-corrected chi connectivity index (χ0v) is 12.6.